The first kappa shape index (κ1) is 18.4. The van der Waals surface area contributed by atoms with Crippen LogP contribution < -0.4 is 5.32 Å². The number of likely N-dealkylation sites (tertiary alicyclic amines) is 1. The summed E-state index contributed by atoms with van der Waals surface area (Å²) in [6, 6.07) is 5.81. The van der Waals surface area contributed by atoms with E-state index in [2.05, 4.69) is 24.3 Å². The molecular formula is C20H27FN4O. The van der Waals surface area contributed by atoms with E-state index in [0.717, 1.165) is 43.5 Å². The molecule has 1 aromatic heterocycles. The summed E-state index contributed by atoms with van der Waals surface area (Å²) >= 11 is 0. The van der Waals surface area contributed by atoms with Gasteiger partial charge in [0, 0.05) is 31.9 Å². The van der Waals surface area contributed by atoms with Crippen molar-refractivity contribution in [1.82, 2.24) is 20.0 Å². The van der Waals surface area contributed by atoms with Gasteiger partial charge in [-0.15, -0.1) is 0 Å². The highest BCUT2D eigenvalue weighted by Crippen LogP contribution is 2.30. The van der Waals surface area contributed by atoms with Crippen molar-refractivity contribution in [3.63, 3.8) is 0 Å². The summed E-state index contributed by atoms with van der Waals surface area (Å²) in [5, 5.41) is 7.33. The van der Waals surface area contributed by atoms with Crippen LogP contribution in [-0.4, -0.2) is 33.8 Å². The molecule has 1 N–H and O–H groups in total. The number of aryl methyl sites for hydroxylation is 1. The molecular weight excluding hydrogens is 331 g/mol. The number of benzene rings is 1. The van der Waals surface area contributed by atoms with Crippen LogP contribution in [0.1, 0.15) is 50.3 Å². The van der Waals surface area contributed by atoms with Gasteiger partial charge in [0.05, 0.1) is 12.2 Å². The molecule has 6 heteroatoms. The topological polar surface area (TPSA) is 50.2 Å². The summed E-state index contributed by atoms with van der Waals surface area (Å²) in [7, 11) is 1.84. The van der Waals surface area contributed by atoms with Crippen molar-refractivity contribution in [1.29, 1.82) is 0 Å². The third-order valence-corrected chi connectivity index (χ3v) is 5.16. The lowest BCUT2D eigenvalue weighted by atomic mass is 9.85. The Morgan fingerprint density at radius 1 is 1.19 bits per heavy atom. The van der Waals surface area contributed by atoms with E-state index in [-0.39, 0.29) is 23.3 Å². The number of hydrogen-bond acceptors (Lipinski definition) is 2. The first-order valence-corrected chi connectivity index (χ1v) is 9.13. The van der Waals surface area contributed by atoms with Crippen LogP contribution in [0.4, 0.5) is 9.18 Å². The fraction of sp³-hybridized carbons (Fsp3) is 0.500. The fourth-order valence-electron chi connectivity index (χ4n) is 3.44. The van der Waals surface area contributed by atoms with Crippen LogP contribution in [0.5, 0.6) is 0 Å². The molecule has 0 aliphatic carbocycles. The quantitative estimate of drug-likeness (QED) is 0.905. The summed E-state index contributed by atoms with van der Waals surface area (Å²) < 4.78 is 15.0. The molecule has 1 aromatic carbocycles. The number of urea groups is 1. The molecule has 2 amide bonds. The standard InChI is InChI=1S/C20H27FN4O/c1-20(2)9-4-11-25(12-10-20)19(26)23-18(16-13-22-24(3)14-16)15-5-7-17(21)8-6-15/h5-8,13-14,18H,4,9-12H2,1-3H3,(H,23,26). The van der Waals surface area contributed by atoms with Crippen LogP contribution in [-0.2, 0) is 7.05 Å². The summed E-state index contributed by atoms with van der Waals surface area (Å²) in [4.78, 5) is 14.8. The van der Waals surface area contributed by atoms with Crippen LogP contribution in [0, 0.1) is 11.2 Å². The van der Waals surface area contributed by atoms with Crippen molar-refractivity contribution in [2.45, 2.75) is 39.2 Å². The van der Waals surface area contributed by atoms with Crippen molar-refractivity contribution < 1.29 is 9.18 Å². The molecule has 0 bridgehead atoms. The number of nitrogens with one attached hydrogen (secondary N) is 1. The highest BCUT2D eigenvalue weighted by atomic mass is 19.1. The Morgan fingerprint density at radius 3 is 2.58 bits per heavy atom. The number of aromatic nitrogens is 2. The van der Waals surface area contributed by atoms with Gasteiger partial charge in [-0.3, -0.25) is 4.68 Å². The van der Waals surface area contributed by atoms with Crippen LogP contribution in [0.3, 0.4) is 0 Å². The molecule has 1 aliphatic heterocycles. The van der Waals surface area contributed by atoms with Gasteiger partial charge in [0.1, 0.15) is 5.82 Å². The SMILES string of the molecule is Cn1cc(C(NC(=O)N2CCCC(C)(C)CC2)c2ccc(F)cc2)cn1. The average Bonchev–Trinajstić information content (AvgIpc) is 2.93. The van der Waals surface area contributed by atoms with Gasteiger partial charge in [0.25, 0.3) is 0 Å². The van der Waals surface area contributed by atoms with Gasteiger partial charge in [-0.05, 0) is 42.4 Å². The van der Waals surface area contributed by atoms with Crippen molar-refractivity contribution in [3.8, 4) is 0 Å². The second-order valence-corrected chi connectivity index (χ2v) is 7.89. The lowest BCUT2D eigenvalue weighted by Crippen LogP contribution is -2.42. The van der Waals surface area contributed by atoms with Gasteiger partial charge >= 0.3 is 6.03 Å². The van der Waals surface area contributed by atoms with Crippen LogP contribution >= 0.6 is 0 Å². The molecule has 1 saturated heterocycles. The third-order valence-electron chi connectivity index (χ3n) is 5.16. The van der Waals surface area contributed by atoms with Gasteiger partial charge in [-0.1, -0.05) is 26.0 Å². The lowest BCUT2D eigenvalue weighted by molar-refractivity contribution is 0.195. The second-order valence-electron chi connectivity index (χ2n) is 7.89. The Kier molecular flexibility index (Phi) is 5.30. The largest absolute Gasteiger partial charge is 0.327 e. The molecule has 1 fully saturated rings. The normalized spacial score (nSPS) is 18.2. The van der Waals surface area contributed by atoms with E-state index in [4.69, 9.17) is 0 Å². The molecule has 26 heavy (non-hydrogen) atoms. The number of nitrogens with zero attached hydrogens (tertiary/aromatic N) is 3. The van der Waals surface area contributed by atoms with E-state index >= 15 is 0 Å². The maximum Gasteiger partial charge on any atom is 0.318 e. The zero-order valence-electron chi connectivity index (χ0n) is 15.7. The first-order chi connectivity index (χ1) is 12.3. The summed E-state index contributed by atoms with van der Waals surface area (Å²) in [5.74, 6) is -0.292. The Morgan fingerprint density at radius 2 is 1.92 bits per heavy atom. The molecule has 140 valence electrons. The number of carbonyl (C=O) groups excluding carboxylic acids is 1. The van der Waals surface area contributed by atoms with Gasteiger partial charge in [-0.2, -0.15) is 5.10 Å². The smallest absolute Gasteiger partial charge is 0.318 e. The molecule has 1 unspecified atom stereocenters. The summed E-state index contributed by atoms with van der Waals surface area (Å²) in [5.41, 5.74) is 1.99. The predicted molar refractivity (Wildman–Crippen MR) is 99.2 cm³/mol. The van der Waals surface area contributed by atoms with Crippen LogP contribution in [0.25, 0.3) is 0 Å². The zero-order chi connectivity index (χ0) is 18.7. The van der Waals surface area contributed by atoms with Gasteiger partial charge < -0.3 is 10.2 Å². The number of hydrogen-bond donors (Lipinski definition) is 1. The minimum absolute atomic E-state index is 0.0825. The van der Waals surface area contributed by atoms with Crippen LogP contribution in [0.2, 0.25) is 0 Å². The number of amides is 2. The summed E-state index contributed by atoms with van der Waals surface area (Å²) in [6.45, 7) is 6.02. The van der Waals surface area contributed by atoms with E-state index in [1.54, 1.807) is 23.0 Å². The van der Waals surface area contributed by atoms with E-state index < -0.39 is 0 Å². The number of carbonyl (C=O) groups is 1. The Bertz CT molecular complexity index is 753. The maximum absolute atomic E-state index is 13.3. The van der Waals surface area contributed by atoms with Crippen molar-refractivity contribution in [2.75, 3.05) is 13.1 Å². The van der Waals surface area contributed by atoms with Crippen LogP contribution in [0.15, 0.2) is 36.7 Å². The Labute approximate surface area is 154 Å². The minimum Gasteiger partial charge on any atom is -0.327 e. The van der Waals surface area contributed by atoms with Gasteiger partial charge in [0.2, 0.25) is 0 Å². The predicted octanol–water partition coefficient (Wildman–Crippen LogP) is 3.87. The number of halogens is 1. The van der Waals surface area contributed by atoms with Gasteiger partial charge in [-0.25, -0.2) is 9.18 Å². The van der Waals surface area contributed by atoms with Crippen molar-refractivity contribution in [2.24, 2.45) is 12.5 Å². The molecule has 0 spiro atoms. The van der Waals surface area contributed by atoms with E-state index in [1.807, 2.05) is 18.1 Å². The molecule has 1 aliphatic rings. The van der Waals surface area contributed by atoms with Gasteiger partial charge in [0.15, 0.2) is 0 Å². The van der Waals surface area contributed by atoms with E-state index in [1.165, 1.54) is 12.1 Å². The molecule has 0 saturated carbocycles. The molecule has 5 nitrogen and oxygen atoms in total. The number of rotatable bonds is 3. The molecule has 3 rings (SSSR count). The molecule has 0 radical (unpaired) electrons. The lowest BCUT2D eigenvalue weighted by Gasteiger charge is -2.26. The second kappa shape index (κ2) is 7.48. The van der Waals surface area contributed by atoms with Crippen molar-refractivity contribution in [3.05, 3.63) is 53.6 Å². The monoisotopic (exact) mass is 358 g/mol. The highest BCUT2D eigenvalue weighted by Gasteiger charge is 2.27. The van der Waals surface area contributed by atoms with E-state index in [0.29, 0.717) is 0 Å². The van der Waals surface area contributed by atoms with Crippen molar-refractivity contribution >= 4 is 6.03 Å². The summed E-state index contributed by atoms with van der Waals surface area (Å²) in [6.07, 6.45) is 6.74. The van der Waals surface area contributed by atoms with E-state index in [9.17, 15) is 9.18 Å². The maximum atomic E-state index is 13.3. The third kappa shape index (κ3) is 4.42. The fourth-order valence-corrected chi connectivity index (χ4v) is 3.44. The zero-order valence-corrected chi connectivity index (χ0v) is 15.7. The minimum atomic E-state index is -0.354. The molecule has 1 atom stereocenters. The molecule has 2 heterocycles. The highest BCUT2D eigenvalue weighted by molar-refractivity contribution is 5.75. The Hall–Kier alpha value is -2.37. The Balaban J connectivity index is 1.79. The molecule has 2 aromatic rings. The average molecular weight is 358 g/mol. The first-order valence-electron chi connectivity index (χ1n) is 9.13.